The van der Waals surface area contributed by atoms with Crippen LogP contribution in [-0.4, -0.2) is 38.7 Å². The van der Waals surface area contributed by atoms with Crippen molar-refractivity contribution in [2.24, 2.45) is 0 Å². The predicted octanol–water partition coefficient (Wildman–Crippen LogP) is 1.76. The Hall–Kier alpha value is -0.790. The number of aliphatic hydroxyl groups excluding tert-OH is 1. The number of hydrogen-bond acceptors (Lipinski definition) is 5. The molecule has 0 saturated carbocycles. The van der Waals surface area contributed by atoms with Crippen molar-refractivity contribution in [2.75, 3.05) is 25.2 Å². The SMILES string of the molecule is CCOc1cc(CO)cc(Br)c1OCCS(C)(=O)=O. The maximum atomic E-state index is 11.1. The third-order valence-corrected chi connectivity index (χ3v) is 3.75. The summed E-state index contributed by atoms with van der Waals surface area (Å²) in [4.78, 5) is 0. The highest BCUT2D eigenvalue weighted by Gasteiger charge is 2.13. The van der Waals surface area contributed by atoms with Gasteiger partial charge in [0.05, 0.1) is 23.4 Å². The van der Waals surface area contributed by atoms with E-state index in [0.717, 1.165) is 6.26 Å². The summed E-state index contributed by atoms with van der Waals surface area (Å²) in [5, 5.41) is 9.13. The molecule has 0 aromatic heterocycles. The molecule has 0 fully saturated rings. The van der Waals surface area contributed by atoms with Gasteiger partial charge in [-0.25, -0.2) is 8.42 Å². The molecule has 0 atom stereocenters. The summed E-state index contributed by atoms with van der Waals surface area (Å²) >= 11 is 3.32. The summed E-state index contributed by atoms with van der Waals surface area (Å²) in [5.74, 6) is 0.865. The first kappa shape index (κ1) is 16.3. The molecule has 0 saturated heterocycles. The van der Waals surface area contributed by atoms with Gasteiger partial charge in [-0.1, -0.05) is 0 Å². The standard InChI is InChI=1S/C12H17BrO5S/c1-3-17-11-7-9(8-14)6-10(13)12(11)18-4-5-19(2,15)16/h6-7,14H,3-5,8H2,1-2H3. The second-order valence-electron chi connectivity index (χ2n) is 3.97. The van der Waals surface area contributed by atoms with Crippen LogP contribution < -0.4 is 9.47 Å². The van der Waals surface area contributed by atoms with Crippen molar-refractivity contribution in [3.05, 3.63) is 22.2 Å². The molecule has 1 aromatic carbocycles. The molecule has 19 heavy (non-hydrogen) atoms. The first-order chi connectivity index (χ1) is 8.87. The zero-order valence-electron chi connectivity index (χ0n) is 10.8. The molecule has 0 aliphatic carbocycles. The third-order valence-electron chi connectivity index (χ3n) is 2.25. The molecule has 1 rings (SSSR count). The van der Waals surface area contributed by atoms with Crippen LogP contribution in [0.15, 0.2) is 16.6 Å². The lowest BCUT2D eigenvalue weighted by Gasteiger charge is -2.14. The fourth-order valence-electron chi connectivity index (χ4n) is 1.41. The van der Waals surface area contributed by atoms with Crippen LogP contribution in [0.5, 0.6) is 11.5 Å². The summed E-state index contributed by atoms with van der Waals surface area (Å²) in [6.45, 7) is 2.22. The number of benzene rings is 1. The van der Waals surface area contributed by atoms with Crippen molar-refractivity contribution in [3.63, 3.8) is 0 Å². The Kier molecular flexibility index (Phi) is 6.09. The monoisotopic (exact) mass is 352 g/mol. The first-order valence-corrected chi connectivity index (χ1v) is 8.59. The van der Waals surface area contributed by atoms with Crippen LogP contribution >= 0.6 is 15.9 Å². The van der Waals surface area contributed by atoms with Gasteiger partial charge in [0.1, 0.15) is 6.61 Å². The van der Waals surface area contributed by atoms with Crippen molar-refractivity contribution in [2.45, 2.75) is 13.5 Å². The van der Waals surface area contributed by atoms with E-state index >= 15 is 0 Å². The number of ether oxygens (including phenoxy) is 2. The lowest BCUT2D eigenvalue weighted by atomic mass is 10.2. The highest BCUT2D eigenvalue weighted by atomic mass is 79.9. The largest absolute Gasteiger partial charge is 0.490 e. The average molecular weight is 353 g/mol. The van der Waals surface area contributed by atoms with E-state index in [-0.39, 0.29) is 19.0 Å². The van der Waals surface area contributed by atoms with E-state index in [0.29, 0.717) is 28.1 Å². The van der Waals surface area contributed by atoms with Crippen LogP contribution in [0, 0.1) is 0 Å². The van der Waals surface area contributed by atoms with Crippen LogP contribution in [-0.2, 0) is 16.4 Å². The van der Waals surface area contributed by atoms with Crippen molar-refractivity contribution in [1.29, 1.82) is 0 Å². The quantitative estimate of drug-likeness (QED) is 0.809. The third kappa shape index (κ3) is 5.38. The number of halogens is 1. The predicted molar refractivity (Wildman–Crippen MR) is 76.4 cm³/mol. The Labute approximate surface area is 121 Å². The Bertz CT molecular complexity index is 527. The van der Waals surface area contributed by atoms with Crippen molar-refractivity contribution in [3.8, 4) is 11.5 Å². The van der Waals surface area contributed by atoms with Crippen LogP contribution in [0.2, 0.25) is 0 Å². The summed E-state index contributed by atoms with van der Waals surface area (Å²) in [7, 11) is -3.07. The summed E-state index contributed by atoms with van der Waals surface area (Å²) in [6.07, 6.45) is 1.16. The highest BCUT2D eigenvalue weighted by Crippen LogP contribution is 2.36. The van der Waals surface area contributed by atoms with Gasteiger partial charge in [-0.15, -0.1) is 0 Å². The van der Waals surface area contributed by atoms with Gasteiger partial charge < -0.3 is 14.6 Å². The molecule has 0 bridgehead atoms. The van der Waals surface area contributed by atoms with E-state index in [1.165, 1.54) is 0 Å². The molecule has 0 unspecified atom stereocenters. The molecule has 7 heteroatoms. The molecule has 1 aromatic rings. The van der Waals surface area contributed by atoms with E-state index in [2.05, 4.69) is 15.9 Å². The number of rotatable bonds is 7. The van der Waals surface area contributed by atoms with E-state index in [1.807, 2.05) is 6.92 Å². The van der Waals surface area contributed by atoms with E-state index < -0.39 is 9.84 Å². The number of hydrogen-bond donors (Lipinski definition) is 1. The Morgan fingerprint density at radius 3 is 2.53 bits per heavy atom. The topological polar surface area (TPSA) is 72.8 Å². The normalized spacial score (nSPS) is 11.4. The molecule has 5 nitrogen and oxygen atoms in total. The van der Waals surface area contributed by atoms with Gasteiger partial charge in [-0.3, -0.25) is 0 Å². The van der Waals surface area contributed by atoms with Crippen LogP contribution in [0.25, 0.3) is 0 Å². The molecular formula is C12H17BrO5S. The Morgan fingerprint density at radius 1 is 1.32 bits per heavy atom. The fourth-order valence-corrected chi connectivity index (χ4v) is 2.40. The molecule has 0 heterocycles. The Balaban J connectivity index is 2.91. The summed E-state index contributed by atoms with van der Waals surface area (Å²) < 4.78 is 33.6. The fraction of sp³-hybridized carbons (Fsp3) is 0.500. The van der Waals surface area contributed by atoms with Gasteiger partial charge in [0.25, 0.3) is 0 Å². The molecular weight excluding hydrogens is 336 g/mol. The second-order valence-corrected chi connectivity index (χ2v) is 7.09. The van der Waals surface area contributed by atoms with Crippen molar-refractivity contribution < 1.29 is 23.0 Å². The molecule has 1 N–H and O–H groups in total. The van der Waals surface area contributed by atoms with Gasteiger partial charge in [-0.05, 0) is 40.5 Å². The molecule has 0 aliphatic heterocycles. The Morgan fingerprint density at radius 2 is 2.00 bits per heavy atom. The van der Waals surface area contributed by atoms with Crippen molar-refractivity contribution >= 4 is 25.8 Å². The lowest BCUT2D eigenvalue weighted by Crippen LogP contribution is -2.13. The molecule has 0 aliphatic rings. The molecule has 0 amide bonds. The van der Waals surface area contributed by atoms with E-state index in [1.54, 1.807) is 12.1 Å². The minimum atomic E-state index is -3.07. The summed E-state index contributed by atoms with van der Waals surface area (Å²) in [6, 6.07) is 3.38. The zero-order chi connectivity index (χ0) is 14.5. The maximum Gasteiger partial charge on any atom is 0.175 e. The van der Waals surface area contributed by atoms with E-state index in [9.17, 15) is 8.42 Å². The lowest BCUT2D eigenvalue weighted by molar-refractivity contribution is 0.273. The van der Waals surface area contributed by atoms with Gasteiger partial charge >= 0.3 is 0 Å². The number of aliphatic hydroxyl groups is 1. The molecule has 0 radical (unpaired) electrons. The van der Waals surface area contributed by atoms with Crippen molar-refractivity contribution in [1.82, 2.24) is 0 Å². The van der Waals surface area contributed by atoms with Crippen LogP contribution in [0.1, 0.15) is 12.5 Å². The van der Waals surface area contributed by atoms with Crippen LogP contribution in [0.3, 0.4) is 0 Å². The van der Waals surface area contributed by atoms with Gasteiger partial charge in [0, 0.05) is 6.26 Å². The smallest absolute Gasteiger partial charge is 0.175 e. The minimum absolute atomic E-state index is 0.0516. The zero-order valence-corrected chi connectivity index (χ0v) is 13.3. The minimum Gasteiger partial charge on any atom is -0.490 e. The highest BCUT2D eigenvalue weighted by molar-refractivity contribution is 9.10. The second kappa shape index (κ2) is 7.12. The van der Waals surface area contributed by atoms with Gasteiger partial charge in [0.15, 0.2) is 21.3 Å². The summed E-state index contributed by atoms with van der Waals surface area (Å²) in [5.41, 5.74) is 0.686. The number of sulfone groups is 1. The molecule has 108 valence electrons. The maximum absolute atomic E-state index is 11.1. The van der Waals surface area contributed by atoms with Gasteiger partial charge in [0.2, 0.25) is 0 Å². The first-order valence-electron chi connectivity index (χ1n) is 5.74. The van der Waals surface area contributed by atoms with E-state index in [4.69, 9.17) is 14.6 Å². The average Bonchev–Trinajstić information content (AvgIpc) is 2.31. The molecule has 0 spiro atoms. The van der Waals surface area contributed by atoms with Crippen LogP contribution in [0.4, 0.5) is 0 Å². The van der Waals surface area contributed by atoms with Gasteiger partial charge in [-0.2, -0.15) is 0 Å².